The van der Waals surface area contributed by atoms with Gasteiger partial charge in [-0.2, -0.15) is 0 Å². The number of hydrogen-bond donors (Lipinski definition) is 1. The number of rotatable bonds is 11. The molecule has 2 aromatic carbocycles. The Hall–Kier alpha value is -2.70. The average molecular weight is 406 g/mol. The quantitative estimate of drug-likeness (QED) is 0.252. The van der Waals surface area contributed by atoms with Crippen LogP contribution < -0.4 is 14.1 Å². The molecule has 1 atom stereocenters. The number of benzene rings is 2. The Balaban J connectivity index is 2.02. The summed E-state index contributed by atoms with van der Waals surface area (Å²) in [4.78, 5) is 22.3. The summed E-state index contributed by atoms with van der Waals surface area (Å²) in [5.74, 6) is 0.551. The molecule has 0 fully saturated rings. The van der Waals surface area contributed by atoms with E-state index < -0.39 is 19.4 Å². The van der Waals surface area contributed by atoms with E-state index in [4.69, 9.17) is 13.8 Å². The number of nitro groups is 1. The normalized spacial score (nSPS) is 11.7. The van der Waals surface area contributed by atoms with Crippen LogP contribution in [0.25, 0.3) is 0 Å². The zero-order valence-corrected chi connectivity index (χ0v) is 16.6. The van der Waals surface area contributed by atoms with Crippen LogP contribution in [0.2, 0.25) is 0 Å². The van der Waals surface area contributed by atoms with E-state index in [0.717, 1.165) is 12.8 Å². The number of non-ortho nitro benzene ring substituents is 1. The van der Waals surface area contributed by atoms with Crippen molar-refractivity contribution < 1.29 is 23.5 Å². The standard InChI is InChI=1S/C19H23N2O6P/c1-3-16(4-2)25-19(22)14-20-28(26-17-8-6-5-7-9-17)27-18-12-10-15(11-13-18)21(23)24/h5-13,16,20H,3-4,14H2,1-2H3. The molecular formula is C19H23N2O6P. The summed E-state index contributed by atoms with van der Waals surface area (Å²) in [5.41, 5.74) is -0.0395. The van der Waals surface area contributed by atoms with Gasteiger partial charge in [-0.05, 0) is 37.1 Å². The zero-order valence-electron chi connectivity index (χ0n) is 15.7. The first-order valence-electron chi connectivity index (χ1n) is 8.90. The first-order valence-corrected chi connectivity index (χ1v) is 10.1. The minimum Gasteiger partial charge on any atom is -0.461 e. The van der Waals surface area contributed by atoms with Gasteiger partial charge in [0.25, 0.3) is 5.69 Å². The van der Waals surface area contributed by atoms with Crippen molar-refractivity contribution in [3.8, 4) is 11.5 Å². The van der Waals surface area contributed by atoms with E-state index in [1.807, 2.05) is 32.0 Å². The molecule has 1 N–H and O–H groups in total. The fourth-order valence-electron chi connectivity index (χ4n) is 2.20. The van der Waals surface area contributed by atoms with Crippen LogP contribution in [-0.4, -0.2) is 23.5 Å². The van der Waals surface area contributed by atoms with Gasteiger partial charge in [-0.3, -0.25) is 14.9 Å². The number of carbonyl (C=O) groups excluding carboxylic acids is 1. The second-order valence-corrected chi connectivity index (χ2v) is 6.96. The number of nitrogens with one attached hydrogen (secondary N) is 1. The van der Waals surface area contributed by atoms with Gasteiger partial charge in [-0.15, -0.1) is 0 Å². The Morgan fingerprint density at radius 2 is 1.61 bits per heavy atom. The number of esters is 1. The van der Waals surface area contributed by atoms with Crippen molar-refractivity contribution in [2.45, 2.75) is 32.8 Å². The molecule has 1 unspecified atom stereocenters. The number of hydrogen-bond acceptors (Lipinski definition) is 7. The highest BCUT2D eigenvalue weighted by atomic mass is 31.2. The molecule has 0 amide bonds. The lowest BCUT2D eigenvalue weighted by molar-refractivity contribution is -0.384. The van der Waals surface area contributed by atoms with E-state index in [-0.39, 0.29) is 18.3 Å². The SMILES string of the molecule is CCC(CC)OC(=O)CNP(Oc1ccccc1)Oc1ccc([N+](=O)[O-])cc1. The fourth-order valence-corrected chi connectivity index (χ4v) is 3.25. The van der Waals surface area contributed by atoms with E-state index >= 15 is 0 Å². The first kappa shape index (κ1) is 21.6. The predicted molar refractivity (Wildman–Crippen MR) is 106 cm³/mol. The minimum absolute atomic E-state index is 0.0395. The Morgan fingerprint density at radius 3 is 2.14 bits per heavy atom. The van der Waals surface area contributed by atoms with Gasteiger partial charge in [0, 0.05) is 12.1 Å². The zero-order chi connectivity index (χ0) is 20.4. The van der Waals surface area contributed by atoms with Crippen molar-refractivity contribution in [2.75, 3.05) is 6.54 Å². The molecule has 0 spiro atoms. The second-order valence-electron chi connectivity index (χ2n) is 5.77. The lowest BCUT2D eigenvalue weighted by Gasteiger charge is -2.19. The molecule has 2 rings (SSSR count). The summed E-state index contributed by atoms with van der Waals surface area (Å²) in [6.45, 7) is 3.83. The van der Waals surface area contributed by atoms with Gasteiger partial charge in [0.1, 0.15) is 24.1 Å². The number of nitro benzene ring substituents is 1. The summed E-state index contributed by atoms with van der Waals surface area (Å²) in [7, 11) is -1.72. The average Bonchev–Trinajstić information content (AvgIpc) is 2.71. The third-order valence-electron chi connectivity index (χ3n) is 3.73. The van der Waals surface area contributed by atoms with Gasteiger partial charge < -0.3 is 13.8 Å². The van der Waals surface area contributed by atoms with Crippen molar-refractivity contribution in [1.82, 2.24) is 5.09 Å². The highest BCUT2D eigenvalue weighted by molar-refractivity contribution is 7.45. The lowest BCUT2D eigenvalue weighted by atomic mass is 10.2. The third kappa shape index (κ3) is 7.13. The summed E-state index contributed by atoms with van der Waals surface area (Å²) in [5, 5.41) is 13.7. The molecule has 0 aliphatic heterocycles. The highest BCUT2D eigenvalue weighted by Crippen LogP contribution is 2.37. The van der Waals surface area contributed by atoms with Crippen LogP contribution in [0.15, 0.2) is 54.6 Å². The Kier molecular flexibility index (Phi) is 8.65. The minimum atomic E-state index is -1.72. The topological polar surface area (TPSA) is 99.9 Å². The molecule has 0 aliphatic rings. The fraction of sp³-hybridized carbons (Fsp3) is 0.316. The van der Waals surface area contributed by atoms with E-state index in [1.54, 1.807) is 12.1 Å². The molecule has 0 saturated heterocycles. The van der Waals surface area contributed by atoms with Gasteiger partial charge in [-0.1, -0.05) is 32.0 Å². The Labute approximate surface area is 164 Å². The molecule has 0 bridgehead atoms. The predicted octanol–water partition coefficient (Wildman–Crippen LogP) is 4.60. The molecule has 9 heteroatoms. The van der Waals surface area contributed by atoms with Crippen molar-refractivity contribution in [2.24, 2.45) is 0 Å². The molecule has 0 radical (unpaired) electrons. The molecule has 0 saturated carbocycles. The van der Waals surface area contributed by atoms with Crippen LogP contribution in [0.4, 0.5) is 5.69 Å². The monoisotopic (exact) mass is 406 g/mol. The van der Waals surface area contributed by atoms with Crippen LogP contribution in [0.5, 0.6) is 11.5 Å². The van der Waals surface area contributed by atoms with Gasteiger partial charge in [0.15, 0.2) is 0 Å². The van der Waals surface area contributed by atoms with E-state index in [9.17, 15) is 14.9 Å². The van der Waals surface area contributed by atoms with Crippen molar-refractivity contribution >= 4 is 20.2 Å². The number of nitrogens with zero attached hydrogens (tertiary/aromatic N) is 1. The third-order valence-corrected chi connectivity index (χ3v) is 4.90. The Morgan fingerprint density at radius 1 is 1.04 bits per heavy atom. The molecule has 28 heavy (non-hydrogen) atoms. The number of ether oxygens (including phenoxy) is 1. The maximum Gasteiger partial charge on any atom is 0.382 e. The van der Waals surface area contributed by atoms with Crippen LogP contribution >= 0.6 is 8.53 Å². The van der Waals surface area contributed by atoms with E-state index in [0.29, 0.717) is 11.5 Å². The molecule has 0 aliphatic carbocycles. The molecule has 2 aromatic rings. The maximum atomic E-state index is 12.0. The van der Waals surface area contributed by atoms with Crippen molar-refractivity contribution in [1.29, 1.82) is 0 Å². The van der Waals surface area contributed by atoms with Crippen LogP contribution in [0, 0.1) is 10.1 Å². The largest absolute Gasteiger partial charge is 0.461 e. The van der Waals surface area contributed by atoms with Crippen molar-refractivity contribution in [3.63, 3.8) is 0 Å². The highest BCUT2D eigenvalue weighted by Gasteiger charge is 2.19. The van der Waals surface area contributed by atoms with Gasteiger partial charge in [-0.25, -0.2) is 5.09 Å². The van der Waals surface area contributed by atoms with E-state index in [1.165, 1.54) is 24.3 Å². The molecule has 150 valence electrons. The van der Waals surface area contributed by atoms with E-state index in [2.05, 4.69) is 5.09 Å². The second kappa shape index (κ2) is 11.2. The Bertz CT molecular complexity index is 753. The first-order chi connectivity index (χ1) is 13.5. The number of para-hydroxylation sites is 1. The maximum absolute atomic E-state index is 12.0. The van der Waals surface area contributed by atoms with Gasteiger partial charge >= 0.3 is 14.5 Å². The molecule has 0 heterocycles. The summed E-state index contributed by atoms with van der Waals surface area (Å²) in [6, 6.07) is 14.6. The smallest absolute Gasteiger partial charge is 0.382 e. The molecule has 8 nitrogen and oxygen atoms in total. The van der Waals surface area contributed by atoms with Gasteiger partial charge in [0.2, 0.25) is 0 Å². The van der Waals surface area contributed by atoms with Crippen LogP contribution in [0.1, 0.15) is 26.7 Å². The molecule has 0 aromatic heterocycles. The van der Waals surface area contributed by atoms with Gasteiger partial charge in [0.05, 0.1) is 4.92 Å². The molecular weight excluding hydrogens is 383 g/mol. The number of carbonyl (C=O) groups is 1. The summed E-state index contributed by atoms with van der Waals surface area (Å²) < 4.78 is 16.9. The lowest BCUT2D eigenvalue weighted by Crippen LogP contribution is -2.27. The van der Waals surface area contributed by atoms with Crippen LogP contribution in [0.3, 0.4) is 0 Å². The van der Waals surface area contributed by atoms with Crippen molar-refractivity contribution in [3.05, 3.63) is 64.7 Å². The summed E-state index contributed by atoms with van der Waals surface area (Å²) in [6.07, 6.45) is 1.37. The van der Waals surface area contributed by atoms with Crippen LogP contribution in [-0.2, 0) is 9.53 Å². The summed E-state index contributed by atoms with van der Waals surface area (Å²) >= 11 is 0.